The van der Waals surface area contributed by atoms with Crippen molar-refractivity contribution in [3.8, 4) is 11.1 Å². The topological polar surface area (TPSA) is 4.41 Å². The minimum atomic E-state index is -0.236. The van der Waals surface area contributed by atoms with E-state index in [1.54, 1.807) is 10.5 Å². The van der Waals surface area contributed by atoms with Crippen LogP contribution in [-0.4, -0.2) is 4.40 Å². The molecule has 0 saturated carbocycles. The predicted octanol–water partition coefficient (Wildman–Crippen LogP) is 3.75. The predicted molar refractivity (Wildman–Crippen MR) is 62.8 cm³/mol. The van der Waals surface area contributed by atoms with Crippen LogP contribution in [0.25, 0.3) is 16.6 Å². The van der Waals surface area contributed by atoms with Crippen LogP contribution in [0.2, 0.25) is 0 Å². The number of benzene rings is 1. The van der Waals surface area contributed by atoms with Gasteiger partial charge in [-0.25, -0.2) is 0 Å². The number of fused-ring (bicyclic) bond motifs is 1. The second kappa shape index (κ2) is 3.49. The number of hydrogen-bond donors (Lipinski definition) is 0. The van der Waals surface area contributed by atoms with Crippen molar-refractivity contribution in [3.63, 3.8) is 0 Å². The first kappa shape index (κ1) is 9.16. The quantitative estimate of drug-likeness (QED) is 0.540. The fraction of sp³-hybridized carbons (Fsp3) is 0. The second-order valence-corrected chi connectivity index (χ2v) is 3.74. The molecule has 16 heavy (non-hydrogen) atoms. The Bertz CT molecular complexity index is 626. The van der Waals surface area contributed by atoms with Crippen molar-refractivity contribution >= 4 is 5.52 Å². The molecule has 0 aliphatic carbocycles. The van der Waals surface area contributed by atoms with E-state index < -0.39 is 0 Å². The van der Waals surface area contributed by atoms with Crippen molar-refractivity contribution in [1.82, 2.24) is 4.40 Å². The molecule has 3 rings (SSSR count). The Labute approximate surface area is 92.8 Å². The Kier molecular flexibility index (Phi) is 2.00. The Hall–Kier alpha value is -2.09. The molecule has 0 unspecified atom stereocenters. The van der Waals surface area contributed by atoms with Gasteiger partial charge in [0, 0.05) is 17.3 Å². The number of rotatable bonds is 1. The van der Waals surface area contributed by atoms with E-state index in [0.717, 1.165) is 16.6 Å². The highest BCUT2D eigenvalue weighted by atomic mass is 19.1. The number of hydrogen-bond acceptors (Lipinski definition) is 0. The highest BCUT2D eigenvalue weighted by Gasteiger charge is 2.03. The van der Waals surface area contributed by atoms with Gasteiger partial charge in [-0.2, -0.15) is 4.39 Å². The first-order chi connectivity index (χ1) is 7.84. The Morgan fingerprint density at radius 3 is 2.38 bits per heavy atom. The summed E-state index contributed by atoms with van der Waals surface area (Å²) < 4.78 is 15.0. The molecule has 0 atom stereocenters. The van der Waals surface area contributed by atoms with Gasteiger partial charge >= 0.3 is 0 Å². The van der Waals surface area contributed by atoms with Crippen molar-refractivity contribution in [2.75, 3.05) is 0 Å². The lowest BCUT2D eigenvalue weighted by molar-refractivity contribution is 0.568. The third-order valence-corrected chi connectivity index (χ3v) is 2.69. The minimum Gasteiger partial charge on any atom is -0.293 e. The van der Waals surface area contributed by atoms with Crippen LogP contribution in [0.1, 0.15) is 0 Å². The smallest absolute Gasteiger partial charge is 0.198 e. The van der Waals surface area contributed by atoms with Crippen LogP contribution < -0.4 is 0 Å². The van der Waals surface area contributed by atoms with E-state index in [-0.39, 0.29) is 5.95 Å². The van der Waals surface area contributed by atoms with Gasteiger partial charge in [0.15, 0.2) is 5.95 Å². The summed E-state index contributed by atoms with van der Waals surface area (Å²) >= 11 is 0. The van der Waals surface area contributed by atoms with Gasteiger partial charge < -0.3 is 0 Å². The molecule has 0 aliphatic heterocycles. The molecule has 0 amide bonds. The first-order valence-corrected chi connectivity index (χ1v) is 5.17. The molecule has 0 spiro atoms. The van der Waals surface area contributed by atoms with E-state index in [1.807, 2.05) is 48.7 Å². The molecular weight excluding hydrogens is 201 g/mol. The van der Waals surface area contributed by atoms with E-state index in [2.05, 4.69) is 0 Å². The Morgan fingerprint density at radius 2 is 1.62 bits per heavy atom. The van der Waals surface area contributed by atoms with Gasteiger partial charge in [-0.3, -0.25) is 4.40 Å². The van der Waals surface area contributed by atoms with Crippen LogP contribution in [0.15, 0.2) is 60.8 Å². The maximum absolute atomic E-state index is 13.5. The minimum absolute atomic E-state index is 0.236. The van der Waals surface area contributed by atoms with E-state index in [4.69, 9.17) is 0 Å². The molecule has 3 aromatic rings. The molecule has 2 aromatic heterocycles. The van der Waals surface area contributed by atoms with Gasteiger partial charge in [0.05, 0.1) is 0 Å². The molecule has 0 bridgehead atoms. The van der Waals surface area contributed by atoms with Crippen LogP contribution in [-0.2, 0) is 0 Å². The zero-order valence-corrected chi connectivity index (χ0v) is 8.60. The van der Waals surface area contributed by atoms with Crippen molar-refractivity contribution in [2.24, 2.45) is 0 Å². The van der Waals surface area contributed by atoms with Crippen molar-refractivity contribution in [1.29, 1.82) is 0 Å². The average Bonchev–Trinajstić information content (AvgIpc) is 2.76. The third kappa shape index (κ3) is 1.39. The van der Waals surface area contributed by atoms with Crippen molar-refractivity contribution in [2.45, 2.75) is 0 Å². The van der Waals surface area contributed by atoms with Gasteiger partial charge in [0.25, 0.3) is 0 Å². The van der Waals surface area contributed by atoms with Crippen LogP contribution in [0.4, 0.5) is 4.39 Å². The third-order valence-electron chi connectivity index (χ3n) is 2.69. The van der Waals surface area contributed by atoms with Crippen LogP contribution in [0.3, 0.4) is 0 Å². The summed E-state index contributed by atoms with van der Waals surface area (Å²) in [7, 11) is 0. The van der Waals surface area contributed by atoms with E-state index in [1.165, 1.54) is 6.07 Å². The lowest BCUT2D eigenvalue weighted by atomic mass is 10.1. The van der Waals surface area contributed by atoms with E-state index >= 15 is 0 Å². The van der Waals surface area contributed by atoms with Gasteiger partial charge in [-0.15, -0.1) is 0 Å². The Balaban J connectivity index is 2.23. The summed E-state index contributed by atoms with van der Waals surface area (Å²) in [6, 6.07) is 17.0. The number of aromatic nitrogens is 1. The molecule has 0 saturated heterocycles. The lowest BCUT2D eigenvalue weighted by Gasteiger charge is -1.95. The Morgan fingerprint density at radius 1 is 0.812 bits per heavy atom. The van der Waals surface area contributed by atoms with Gasteiger partial charge in [-0.1, -0.05) is 36.4 Å². The second-order valence-electron chi connectivity index (χ2n) is 3.74. The van der Waals surface area contributed by atoms with E-state index in [0.29, 0.717) is 0 Å². The molecule has 1 nitrogen and oxygen atoms in total. The summed E-state index contributed by atoms with van der Waals surface area (Å²) in [5.74, 6) is -0.236. The fourth-order valence-electron chi connectivity index (χ4n) is 1.89. The summed E-state index contributed by atoms with van der Waals surface area (Å²) in [5.41, 5.74) is 3.01. The van der Waals surface area contributed by atoms with Gasteiger partial charge in [0.1, 0.15) is 0 Å². The fourth-order valence-corrected chi connectivity index (χ4v) is 1.89. The molecule has 0 N–H and O–H groups in total. The molecule has 2 heteroatoms. The maximum Gasteiger partial charge on any atom is 0.198 e. The number of halogens is 1. The molecule has 0 radical (unpaired) electrons. The maximum atomic E-state index is 13.5. The van der Waals surface area contributed by atoms with Crippen LogP contribution in [0.5, 0.6) is 0 Å². The monoisotopic (exact) mass is 211 g/mol. The van der Waals surface area contributed by atoms with Crippen LogP contribution >= 0.6 is 0 Å². The highest BCUT2D eigenvalue weighted by molar-refractivity contribution is 5.70. The van der Waals surface area contributed by atoms with E-state index in [9.17, 15) is 4.39 Å². The van der Waals surface area contributed by atoms with Gasteiger partial charge in [-0.05, 0) is 23.8 Å². The molecular formula is C14H10FN. The zero-order chi connectivity index (χ0) is 11.0. The first-order valence-electron chi connectivity index (χ1n) is 5.17. The summed E-state index contributed by atoms with van der Waals surface area (Å²) in [6.07, 6.45) is 1.82. The normalized spacial score (nSPS) is 10.8. The largest absolute Gasteiger partial charge is 0.293 e. The summed E-state index contributed by atoms with van der Waals surface area (Å²) in [5, 5.41) is 0. The SMILES string of the molecule is Fc1cccc2cc(-c3ccccc3)cn12. The van der Waals surface area contributed by atoms with Gasteiger partial charge in [0.2, 0.25) is 0 Å². The average molecular weight is 211 g/mol. The molecule has 2 heterocycles. The number of pyridine rings is 1. The molecule has 0 aliphatic rings. The molecule has 78 valence electrons. The summed E-state index contributed by atoms with van der Waals surface area (Å²) in [6.45, 7) is 0. The van der Waals surface area contributed by atoms with Crippen LogP contribution in [0, 0.1) is 5.95 Å². The van der Waals surface area contributed by atoms with Crippen molar-refractivity contribution < 1.29 is 4.39 Å². The lowest BCUT2D eigenvalue weighted by Crippen LogP contribution is -1.87. The molecule has 1 aromatic carbocycles. The number of nitrogens with zero attached hydrogens (tertiary/aromatic N) is 1. The zero-order valence-electron chi connectivity index (χ0n) is 8.60. The molecule has 0 fully saturated rings. The highest BCUT2D eigenvalue weighted by Crippen LogP contribution is 2.22. The summed E-state index contributed by atoms with van der Waals surface area (Å²) in [4.78, 5) is 0. The van der Waals surface area contributed by atoms with Crippen molar-refractivity contribution in [3.05, 3.63) is 66.7 Å². The standard InChI is InChI=1S/C14H10FN/c15-14-8-4-7-13-9-12(10-16(13)14)11-5-2-1-3-6-11/h1-10H.